The number of aromatic nitrogens is 2. The molecule has 4 heteroatoms. The van der Waals surface area contributed by atoms with Crippen molar-refractivity contribution in [2.75, 3.05) is 18.6 Å². The van der Waals surface area contributed by atoms with Crippen LogP contribution in [0.2, 0.25) is 0 Å². The van der Waals surface area contributed by atoms with E-state index < -0.39 is 0 Å². The second-order valence-electron chi connectivity index (χ2n) is 3.83. The highest BCUT2D eigenvalue weighted by molar-refractivity contribution is 7.98. The van der Waals surface area contributed by atoms with Gasteiger partial charge in [0.05, 0.1) is 6.20 Å². The van der Waals surface area contributed by atoms with Gasteiger partial charge in [0.2, 0.25) is 0 Å². The summed E-state index contributed by atoms with van der Waals surface area (Å²) in [5, 5.41) is 10.5. The zero-order valence-electron chi connectivity index (χ0n) is 9.84. The topological polar surface area (TPSA) is 40.7 Å². The Hall–Kier alpha value is -0.480. The molecule has 0 bridgehead atoms. The fourth-order valence-electron chi connectivity index (χ4n) is 1.60. The number of aromatic amines is 1. The molecular formula is C11H21N3S. The van der Waals surface area contributed by atoms with Crippen LogP contribution in [-0.4, -0.2) is 28.8 Å². The summed E-state index contributed by atoms with van der Waals surface area (Å²) in [6, 6.07) is 0.401. The number of aryl methyl sites for hydroxylation is 1. The maximum Gasteiger partial charge on any atom is 0.0537 e. The lowest BCUT2D eigenvalue weighted by atomic mass is 10.1. The van der Waals surface area contributed by atoms with Crippen LogP contribution in [0.25, 0.3) is 0 Å². The highest BCUT2D eigenvalue weighted by Crippen LogP contribution is 2.13. The first-order chi connectivity index (χ1) is 7.25. The third kappa shape index (κ3) is 4.26. The number of H-pyrrole nitrogens is 1. The van der Waals surface area contributed by atoms with Crippen molar-refractivity contribution in [3.05, 3.63) is 17.5 Å². The lowest BCUT2D eigenvalue weighted by molar-refractivity contribution is 0.554. The van der Waals surface area contributed by atoms with Gasteiger partial charge in [0.1, 0.15) is 0 Å². The Bertz CT molecular complexity index is 273. The van der Waals surface area contributed by atoms with E-state index in [1.54, 1.807) is 0 Å². The van der Waals surface area contributed by atoms with Crippen LogP contribution < -0.4 is 5.32 Å². The van der Waals surface area contributed by atoms with E-state index >= 15 is 0 Å². The van der Waals surface area contributed by atoms with Gasteiger partial charge in [-0.2, -0.15) is 16.9 Å². The molecule has 0 radical (unpaired) electrons. The van der Waals surface area contributed by atoms with Gasteiger partial charge in [0, 0.05) is 17.3 Å². The van der Waals surface area contributed by atoms with E-state index in [9.17, 15) is 0 Å². The molecule has 3 nitrogen and oxygen atoms in total. The molecule has 0 saturated carbocycles. The van der Waals surface area contributed by atoms with Crippen molar-refractivity contribution in [1.82, 2.24) is 15.5 Å². The summed E-state index contributed by atoms with van der Waals surface area (Å²) in [5.74, 6) is 1.26. The molecule has 0 spiro atoms. The van der Waals surface area contributed by atoms with Crippen LogP contribution in [0.3, 0.4) is 0 Å². The predicted molar refractivity (Wildman–Crippen MR) is 67.4 cm³/mol. The van der Waals surface area contributed by atoms with Crippen molar-refractivity contribution in [2.45, 2.75) is 32.7 Å². The largest absolute Gasteiger partial charge is 0.310 e. The van der Waals surface area contributed by atoms with Gasteiger partial charge >= 0.3 is 0 Å². The predicted octanol–water partition coefficient (Wildman–Crippen LogP) is 2.51. The molecule has 1 heterocycles. The lowest BCUT2D eigenvalue weighted by Gasteiger charge is -2.12. The van der Waals surface area contributed by atoms with Gasteiger partial charge in [-0.05, 0) is 45.2 Å². The average molecular weight is 227 g/mol. The van der Waals surface area contributed by atoms with Gasteiger partial charge in [0.25, 0.3) is 0 Å². The molecule has 1 aromatic rings. The van der Waals surface area contributed by atoms with Gasteiger partial charge in [0.15, 0.2) is 0 Å². The molecule has 0 aliphatic carbocycles. The third-order valence-electron chi connectivity index (χ3n) is 2.56. The van der Waals surface area contributed by atoms with Gasteiger partial charge < -0.3 is 5.32 Å². The monoisotopic (exact) mass is 227 g/mol. The number of nitrogens with one attached hydrogen (secondary N) is 2. The standard InChI is InChI=1S/C11H21N3S/c1-9(11-8-13-14-10(11)2)12-6-4-5-7-15-3/h8-9,12H,4-7H2,1-3H3,(H,13,14). The minimum Gasteiger partial charge on any atom is -0.310 e. The van der Waals surface area contributed by atoms with Crippen LogP contribution in [0.1, 0.15) is 37.1 Å². The molecule has 1 unspecified atom stereocenters. The van der Waals surface area contributed by atoms with Crippen LogP contribution in [0.15, 0.2) is 6.20 Å². The third-order valence-corrected chi connectivity index (χ3v) is 3.26. The number of hydrogen-bond donors (Lipinski definition) is 2. The van der Waals surface area contributed by atoms with Gasteiger partial charge in [-0.25, -0.2) is 0 Å². The molecule has 0 aromatic carbocycles. The van der Waals surface area contributed by atoms with Gasteiger partial charge in [-0.3, -0.25) is 5.10 Å². The van der Waals surface area contributed by atoms with E-state index in [0.717, 1.165) is 6.54 Å². The Kier molecular flexibility index (Phi) is 5.79. The van der Waals surface area contributed by atoms with E-state index in [1.807, 2.05) is 18.0 Å². The summed E-state index contributed by atoms with van der Waals surface area (Å²) in [6.45, 7) is 5.34. The normalized spacial score (nSPS) is 13.0. The smallest absolute Gasteiger partial charge is 0.0537 e. The average Bonchev–Trinajstić information content (AvgIpc) is 2.64. The maximum atomic E-state index is 4.03. The number of unbranched alkanes of at least 4 members (excludes halogenated alkanes) is 1. The first-order valence-electron chi connectivity index (χ1n) is 5.48. The molecule has 0 fully saturated rings. The van der Waals surface area contributed by atoms with Crippen LogP contribution in [-0.2, 0) is 0 Å². The molecule has 0 aliphatic rings. The Morgan fingerprint density at radius 2 is 2.33 bits per heavy atom. The van der Waals surface area contributed by atoms with Gasteiger partial charge in [-0.15, -0.1) is 0 Å². The van der Waals surface area contributed by atoms with Crippen molar-refractivity contribution < 1.29 is 0 Å². The molecule has 86 valence electrons. The van der Waals surface area contributed by atoms with Crippen LogP contribution in [0, 0.1) is 6.92 Å². The first-order valence-corrected chi connectivity index (χ1v) is 6.87. The van der Waals surface area contributed by atoms with Gasteiger partial charge in [-0.1, -0.05) is 0 Å². The fourth-order valence-corrected chi connectivity index (χ4v) is 2.09. The summed E-state index contributed by atoms with van der Waals surface area (Å²) < 4.78 is 0. The molecule has 2 N–H and O–H groups in total. The zero-order valence-corrected chi connectivity index (χ0v) is 10.7. The molecule has 1 atom stereocenters. The number of hydrogen-bond acceptors (Lipinski definition) is 3. The van der Waals surface area contributed by atoms with Crippen molar-refractivity contribution in [2.24, 2.45) is 0 Å². The number of rotatable bonds is 7. The van der Waals surface area contributed by atoms with Crippen molar-refractivity contribution >= 4 is 11.8 Å². The number of nitrogens with zero attached hydrogens (tertiary/aromatic N) is 1. The minimum atomic E-state index is 0.401. The number of thioether (sulfide) groups is 1. The van der Waals surface area contributed by atoms with Crippen molar-refractivity contribution in [1.29, 1.82) is 0 Å². The Balaban J connectivity index is 2.19. The minimum absolute atomic E-state index is 0.401. The van der Waals surface area contributed by atoms with Crippen LogP contribution in [0.4, 0.5) is 0 Å². The van der Waals surface area contributed by atoms with Crippen LogP contribution in [0.5, 0.6) is 0 Å². The van der Waals surface area contributed by atoms with E-state index in [-0.39, 0.29) is 0 Å². The molecule has 1 rings (SSSR count). The summed E-state index contributed by atoms with van der Waals surface area (Å²) >= 11 is 1.92. The second kappa shape index (κ2) is 6.90. The molecule has 1 aromatic heterocycles. The summed E-state index contributed by atoms with van der Waals surface area (Å²) in [4.78, 5) is 0. The fraction of sp³-hybridized carbons (Fsp3) is 0.727. The Labute approximate surface area is 96.4 Å². The van der Waals surface area contributed by atoms with Crippen molar-refractivity contribution in [3.8, 4) is 0 Å². The Morgan fingerprint density at radius 3 is 2.93 bits per heavy atom. The highest BCUT2D eigenvalue weighted by atomic mass is 32.2. The zero-order chi connectivity index (χ0) is 11.1. The molecule has 0 saturated heterocycles. The van der Waals surface area contributed by atoms with E-state index in [1.165, 1.54) is 29.9 Å². The quantitative estimate of drug-likeness (QED) is 0.703. The SMILES string of the molecule is CSCCCCNC(C)c1cn[nH]c1C. The molecule has 15 heavy (non-hydrogen) atoms. The second-order valence-corrected chi connectivity index (χ2v) is 4.81. The van der Waals surface area contributed by atoms with E-state index in [0.29, 0.717) is 6.04 Å². The molecule has 0 amide bonds. The van der Waals surface area contributed by atoms with Crippen molar-refractivity contribution in [3.63, 3.8) is 0 Å². The van der Waals surface area contributed by atoms with Crippen LogP contribution >= 0.6 is 11.8 Å². The maximum absolute atomic E-state index is 4.03. The molecule has 0 aliphatic heterocycles. The molecular weight excluding hydrogens is 206 g/mol. The Morgan fingerprint density at radius 1 is 1.53 bits per heavy atom. The highest BCUT2D eigenvalue weighted by Gasteiger charge is 2.08. The van der Waals surface area contributed by atoms with E-state index in [2.05, 4.69) is 35.6 Å². The summed E-state index contributed by atoms with van der Waals surface area (Å²) in [7, 11) is 0. The lowest BCUT2D eigenvalue weighted by Crippen LogP contribution is -2.20. The first kappa shape index (κ1) is 12.6. The summed E-state index contributed by atoms with van der Waals surface area (Å²) in [5.41, 5.74) is 2.44. The summed E-state index contributed by atoms with van der Waals surface area (Å²) in [6.07, 6.45) is 6.62. The van der Waals surface area contributed by atoms with E-state index in [4.69, 9.17) is 0 Å².